The van der Waals surface area contributed by atoms with Gasteiger partial charge in [0.15, 0.2) is 6.04 Å². The van der Waals surface area contributed by atoms with Crippen molar-refractivity contribution >= 4 is 23.9 Å². The predicted octanol–water partition coefficient (Wildman–Crippen LogP) is 1.17. The summed E-state index contributed by atoms with van der Waals surface area (Å²) in [5.74, 6) is -2.77. The number of hydrogen-bond donors (Lipinski definition) is 3. The second kappa shape index (κ2) is 9.52. The van der Waals surface area contributed by atoms with Crippen molar-refractivity contribution in [1.29, 1.82) is 0 Å². The van der Waals surface area contributed by atoms with Gasteiger partial charge in [0, 0.05) is 12.5 Å². The van der Waals surface area contributed by atoms with Crippen molar-refractivity contribution in [3.8, 4) is 11.1 Å². The lowest BCUT2D eigenvalue weighted by Gasteiger charge is -2.28. The number of aliphatic carboxylic acids is 1. The van der Waals surface area contributed by atoms with E-state index in [0.29, 0.717) is 0 Å². The fourth-order valence-corrected chi connectivity index (χ4v) is 4.43. The van der Waals surface area contributed by atoms with Crippen molar-refractivity contribution < 1.29 is 29.0 Å². The lowest BCUT2D eigenvalue weighted by molar-refractivity contribution is -0.151. The molecular weight excluding hydrogens is 440 g/mol. The maximum absolute atomic E-state index is 13.0. The van der Waals surface area contributed by atoms with Crippen LogP contribution in [-0.4, -0.2) is 78.2 Å². The molecule has 0 aromatic heterocycles. The normalized spacial score (nSPS) is 17.7. The summed E-state index contributed by atoms with van der Waals surface area (Å²) in [6.45, 7) is 0.155. The van der Waals surface area contributed by atoms with Crippen LogP contribution in [0.4, 0.5) is 4.79 Å². The van der Waals surface area contributed by atoms with E-state index in [9.17, 15) is 24.3 Å². The van der Waals surface area contributed by atoms with Gasteiger partial charge in [-0.3, -0.25) is 15.0 Å². The Bertz CT molecular complexity index is 1090. The van der Waals surface area contributed by atoms with Crippen LogP contribution in [0.1, 0.15) is 23.5 Å². The molecule has 0 saturated carbocycles. The molecule has 2 aromatic carbocycles. The largest absolute Gasteiger partial charge is 0.480 e. The number of ether oxygens (including phenoxy) is 1. The van der Waals surface area contributed by atoms with Gasteiger partial charge < -0.3 is 20.1 Å². The number of alkyl carbamates (subject to hydrolysis) is 1. The minimum absolute atomic E-state index is 0.0704. The molecule has 0 radical (unpaired) electrons. The molecule has 10 heteroatoms. The van der Waals surface area contributed by atoms with E-state index in [1.807, 2.05) is 48.5 Å². The number of likely N-dealkylation sites (N-methyl/N-ethyl adjacent to an activating group) is 1. The number of rotatable bonds is 7. The number of nitrogens with zero attached hydrogens (tertiary/aromatic N) is 2. The first-order valence-corrected chi connectivity index (χ1v) is 10.9. The molecule has 178 valence electrons. The Morgan fingerprint density at radius 2 is 1.71 bits per heavy atom. The Hall–Kier alpha value is -3.92. The third-order valence-electron chi connectivity index (χ3n) is 5.94. The zero-order valence-electron chi connectivity index (χ0n) is 18.9. The van der Waals surface area contributed by atoms with Gasteiger partial charge >= 0.3 is 12.1 Å². The van der Waals surface area contributed by atoms with Crippen molar-refractivity contribution in [3.63, 3.8) is 0 Å². The highest BCUT2D eigenvalue weighted by molar-refractivity contribution is 5.96. The van der Waals surface area contributed by atoms with Crippen molar-refractivity contribution in [2.24, 2.45) is 0 Å². The molecule has 1 fully saturated rings. The number of nitrogens with one attached hydrogen (secondary N) is 2. The molecule has 0 spiro atoms. The summed E-state index contributed by atoms with van der Waals surface area (Å²) >= 11 is 0. The van der Waals surface area contributed by atoms with E-state index in [2.05, 4.69) is 10.7 Å². The van der Waals surface area contributed by atoms with Gasteiger partial charge in [0.05, 0.1) is 6.42 Å². The van der Waals surface area contributed by atoms with E-state index in [1.54, 1.807) is 19.0 Å². The first-order chi connectivity index (χ1) is 16.3. The van der Waals surface area contributed by atoms with E-state index >= 15 is 0 Å². The van der Waals surface area contributed by atoms with Crippen LogP contribution in [-0.2, 0) is 19.1 Å². The van der Waals surface area contributed by atoms with Crippen LogP contribution in [0.15, 0.2) is 48.5 Å². The highest BCUT2D eigenvalue weighted by Crippen LogP contribution is 2.44. The average Bonchev–Trinajstić information content (AvgIpc) is 3.35. The Labute approximate surface area is 196 Å². The molecule has 2 aliphatic rings. The zero-order chi connectivity index (χ0) is 24.4. The summed E-state index contributed by atoms with van der Waals surface area (Å²) in [5, 5.41) is 12.7. The van der Waals surface area contributed by atoms with Crippen molar-refractivity contribution in [2.75, 3.05) is 27.2 Å². The number of hydrogen-bond acceptors (Lipinski definition) is 6. The Kier molecular flexibility index (Phi) is 6.51. The zero-order valence-corrected chi connectivity index (χ0v) is 18.9. The summed E-state index contributed by atoms with van der Waals surface area (Å²) in [4.78, 5) is 50.5. The number of carboxylic acid groups (broad SMARTS) is 1. The fraction of sp³-hybridized carbons (Fsp3) is 0.333. The number of amides is 3. The molecule has 3 N–H and O–H groups in total. The maximum atomic E-state index is 13.0. The fourth-order valence-electron chi connectivity index (χ4n) is 4.43. The summed E-state index contributed by atoms with van der Waals surface area (Å²) in [5.41, 5.74) is 6.57. The van der Waals surface area contributed by atoms with Crippen molar-refractivity contribution in [2.45, 2.75) is 24.4 Å². The number of carbonyl (C=O) groups excluding carboxylic acids is 3. The maximum Gasteiger partial charge on any atom is 0.407 e. The summed E-state index contributed by atoms with van der Waals surface area (Å²) < 4.78 is 5.52. The van der Waals surface area contributed by atoms with Crippen LogP contribution in [0.5, 0.6) is 0 Å². The van der Waals surface area contributed by atoms with Crippen LogP contribution in [0.25, 0.3) is 11.1 Å². The first-order valence-electron chi connectivity index (χ1n) is 10.9. The van der Waals surface area contributed by atoms with Crippen molar-refractivity contribution in [3.05, 3.63) is 59.7 Å². The third kappa shape index (κ3) is 4.58. The topological polar surface area (TPSA) is 128 Å². The number of hydrazine groups is 1. The van der Waals surface area contributed by atoms with Gasteiger partial charge in [-0.1, -0.05) is 48.5 Å². The molecule has 2 atom stereocenters. The molecule has 2 unspecified atom stereocenters. The Morgan fingerprint density at radius 1 is 1.12 bits per heavy atom. The highest BCUT2D eigenvalue weighted by atomic mass is 16.5. The summed E-state index contributed by atoms with van der Waals surface area (Å²) in [7, 11) is 3.41. The number of carbonyl (C=O) groups is 4. The van der Waals surface area contributed by atoms with Crippen LogP contribution < -0.4 is 10.7 Å². The minimum Gasteiger partial charge on any atom is -0.480 e. The van der Waals surface area contributed by atoms with Gasteiger partial charge in [-0.2, -0.15) is 0 Å². The van der Waals surface area contributed by atoms with Crippen LogP contribution in [0.2, 0.25) is 0 Å². The lowest BCUT2D eigenvalue weighted by atomic mass is 9.98. The minimum atomic E-state index is -1.34. The van der Waals surface area contributed by atoms with Crippen molar-refractivity contribution in [1.82, 2.24) is 20.7 Å². The van der Waals surface area contributed by atoms with E-state index in [-0.39, 0.29) is 25.5 Å². The lowest BCUT2D eigenvalue weighted by Crippen LogP contribution is -2.58. The molecular formula is C24H26N4O6. The van der Waals surface area contributed by atoms with E-state index in [0.717, 1.165) is 27.3 Å². The predicted molar refractivity (Wildman–Crippen MR) is 122 cm³/mol. The highest BCUT2D eigenvalue weighted by Gasteiger charge is 2.42. The SMILES string of the molecule is CN(C)CC(NC(=O)OCC1c2ccccc2-c2ccccc21)C(=O)N1NC(=O)CC1C(=O)O. The standard InChI is InChI=1S/C24H26N4O6/c1-27(2)12-19(22(30)28-20(23(31)32)11-21(29)26-28)25-24(33)34-13-18-16-9-5-3-7-14(16)15-8-4-6-10-17(15)18/h3-10,18-20H,11-13H2,1-2H3,(H,25,33)(H,26,29)(H,31,32). The Morgan fingerprint density at radius 3 is 2.26 bits per heavy atom. The molecule has 1 aliphatic carbocycles. The second-order valence-electron chi connectivity index (χ2n) is 8.59. The third-order valence-corrected chi connectivity index (χ3v) is 5.94. The quantitative estimate of drug-likeness (QED) is 0.559. The average molecular weight is 466 g/mol. The monoisotopic (exact) mass is 466 g/mol. The van der Waals surface area contributed by atoms with E-state index in [1.165, 1.54) is 0 Å². The smallest absolute Gasteiger partial charge is 0.407 e. The van der Waals surface area contributed by atoms with E-state index in [4.69, 9.17) is 4.74 Å². The molecule has 34 heavy (non-hydrogen) atoms. The molecule has 1 saturated heterocycles. The molecule has 1 heterocycles. The second-order valence-corrected chi connectivity index (χ2v) is 8.59. The van der Waals surface area contributed by atoms with Gasteiger partial charge in [-0.15, -0.1) is 0 Å². The molecule has 0 bridgehead atoms. The van der Waals surface area contributed by atoms with Gasteiger partial charge in [0.1, 0.15) is 12.6 Å². The summed E-state index contributed by atoms with van der Waals surface area (Å²) in [6.07, 6.45) is -1.15. The molecule has 10 nitrogen and oxygen atoms in total. The molecule has 4 rings (SSSR count). The summed E-state index contributed by atoms with van der Waals surface area (Å²) in [6, 6.07) is 13.4. The van der Waals surface area contributed by atoms with Gasteiger partial charge in [0.2, 0.25) is 5.91 Å². The number of benzene rings is 2. The van der Waals surface area contributed by atoms with Crippen LogP contribution >= 0.6 is 0 Å². The number of fused-ring (bicyclic) bond motifs is 3. The van der Waals surface area contributed by atoms with Crippen LogP contribution in [0.3, 0.4) is 0 Å². The van der Waals surface area contributed by atoms with Gasteiger partial charge in [0.25, 0.3) is 5.91 Å². The number of carboxylic acids is 1. The molecule has 3 amide bonds. The molecule has 2 aromatic rings. The molecule has 1 aliphatic heterocycles. The van der Waals surface area contributed by atoms with Crippen LogP contribution in [0, 0.1) is 0 Å². The van der Waals surface area contributed by atoms with Gasteiger partial charge in [-0.05, 0) is 36.3 Å². The Balaban J connectivity index is 1.46. The van der Waals surface area contributed by atoms with Gasteiger partial charge in [-0.25, -0.2) is 14.6 Å². The first kappa shape index (κ1) is 23.2. The van der Waals surface area contributed by atoms with E-state index < -0.39 is 36.0 Å².